The molecule has 0 aliphatic carbocycles. The van der Waals surface area contributed by atoms with Gasteiger partial charge in [-0.05, 0) is 36.8 Å². The minimum atomic E-state index is -0.100. The number of nitrogens with one attached hydrogen (secondary N) is 1. The molecule has 1 N–H and O–H groups in total. The summed E-state index contributed by atoms with van der Waals surface area (Å²) in [5, 5.41) is 2.93. The highest BCUT2D eigenvalue weighted by atomic mass is 16.5. The monoisotopic (exact) mass is 246 g/mol. The fourth-order valence-electron chi connectivity index (χ4n) is 2.17. The topological polar surface area (TPSA) is 41.6 Å². The average Bonchev–Trinajstić information content (AvgIpc) is 2.87. The molecule has 0 bridgehead atoms. The van der Waals surface area contributed by atoms with Crippen LogP contribution in [0.5, 0.6) is 5.75 Å². The van der Waals surface area contributed by atoms with Gasteiger partial charge in [-0.2, -0.15) is 0 Å². The van der Waals surface area contributed by atoms with Crippen molar-refractivity contribution in [3.8, 4) is 5.75 Å². The zero-order chi connectivity index (χ0) is 13.0. The van der Waals surface area contributed by atoms with E-state index in [1.807, 2.05) is 24.3 Å². The molecule has 1 unspecified atom stereocenters. The van der Waals surface area contributed by atoms with E-state index in [2.05, 4.69) is 16.8 Å². The van der Waals surface area contributed by atoms with Gasteiger partial charge < -0.3 is 15.0 Å². The van der Waals surface area contributed by atoms with E-state index in [-0.39, 0.29) is 11.9 Å². The molecule has 0 aromatic heterocycles. The first-order valence-corrected chi connectivity index (χ1v) is 6.05. The standard InChI is InChI=1S/C14H18N2O2/c1-3-14(17)15-11-8-9-16(10-11)12-4-6-13(18-2)7-5-12/h3-7,11H,1,8-10H2,2H3,(H,15,17). The molecule has 1 aromatic carbocycles. The minimum Gasteiger partial charge on any atom is -0.497 e. The van der Waals surface area contributed by atoms with Crippen molar-refractivity contribution in [1.82, 2.24) is 5.32 Å². The van der Waals surface area contributed by atoms with Crippen molar-refractivity contribution >= 4 is 11.6 Å². The molecule has 1 fully saturated rings. The largest absolute Gasteiger partial charge is 0.497 e. The van der Waals surface area contributed by atoms with E-state index in [9.17, 15) is 4.79 Å². The van der Waals surface area contributed by atoms with E-state index in [1.165, 1.54) is 6.08 Å². The second-order valence-corrected chi connectivity index (χ2v) is 4.34. The van der Waals surface area contributed by atoms with Crippen molar-refractivity contribution < 1.29 is 9.53 Å². The number of amides is 1. The van der Waals surface area contributed by atoms with Gasteiger partial charge >= 0.3 is 0 Å². The van der Waals surface area contributed by atoms with Gasteiger partial charge in [-0.25, -0.2) is 0 Å². The van der Waals surface area contributed by atoms with E-state index < -0.39 is 0 Å². The molecule has 0 radical (unpaired) electrons. The number of hydrogen-bond donors (Lipinski definition) is 1. The first-order chi connectivity index (χ1) is 8.72. The van der Waals surface area contributed by atoms with E-state index in [4.69, 9.17) is 4.74 Å². The van der Waals surface area contributed by atoms with Gasteiger partial charge in [0.1, 0.15) is 5.75 Å². The van der Waals surface area contributed by atoms with E-state index >= 15 is 0 Å². The first-order valence-electron chi connectivity index (χ1n) is 6.05. The molecule has 1 saturated heterocycles. The SMILES string of the molecule is C=CC(=O)NC1CCN(c2ccc(OC)cc2)C1. The lowest BCUT2D eigenvalue weighted by Crippen LogP contribution is -2.35. The van der Waals surface area contributed by atoms with Crippen LogP contribution < -0.4 is 15.0 Å². The van der Waals surface area contributed by atoms with Crippen molar-refractivity contribution in [1.29, 1.82) is 0 Å². The Balaban J connectivity index is 1.95. The molecule has 1 aromatic rings. The smallest absolute Gasteiger partial charge is 0.243 e. The fourth-order valence-corrected chi connectivity index (χ4v) is 2.17. The van der Waals surface area contributed by atoms with Crippen molar-refractivity contribution in [3.63, 3.8) is 0 Å². The molecule has 18 heavy (non-hydrogen) atoms. The molecule has 1 aliphatic heterocycles. The van der Waals surface area contributed by atoms with Gasteiger partial charge in [0, 0.05) is 24.8 Å². The Labute approximate surface area is 107 Å². The number of carbonyl (C=O) groups excluding carboxylic acids is 1. The summed E-state index contributed by atoms with van der Waals surface area (Å²) in [6.07, 6.45) is 2.28. The predicted octanol–water partition coefficient (Wildman–Crippen LogP) is 1.58. The quantitative estimate of drug-likeness (QED) is 0.820. The summed E-state index contributed by atoms with van der Waals surface area (Å²) >= 11 is 0. The number of nitrogens with zero attached hydrogens (tertiary/aromatic N) is 1. The van der Waals surface area contributed by atoms with Crippen molar-refractivity contribution in [2.24, 2.45) is 0 Å². The highest BCUT2D eigenvalue weighted by molar-refractivity contribution is 5.87. The fraction of sp³-hybridized carbons (Fsp3) is 0.357. The van der Waals surface area contributed by atoms with Gasteiger partial charge in [-0.3, -0.25) is 4.79 Å². The molecular formula is C14H18N2O2. The normalized spacial score (nSPS) is 18.5. The van der Waals surface area contributed by atoms with Crippen LogP contribution in [0.4, 0.5) is 5.69 Å². The summed E-state index contributed by atoms with van der Waals surface area (Å²) < 4.78 is 5.13. The van der Waals surface area contributed by atoms with Gasteiger partial charge in [0.05, 0.1) is 7.11 Å². The Kier molecular flexibility index (Phi) is 3.87. The van der Waals surface area contributed by atoms with Crippen LogP contribution in [0, 0.1) is 0 Å². The number of rotatable bonds is 4. The van der Waals surface area contributed by atoms with E-state index in [0.717, 1.165) is 30.9 Å². The first kappa shape index (κ1) is 12.5. The van der Waals surface area contributed by atoms with Crippen molar-refractivity contribution in [2.75, 3.05) is 25.1 Å². The molecule has 1 amide bonds. The summed E-state index contributed by atoms with van der Waals surface area (Å²) in [5.74, 6) is 0.756. The Bertz CT molecular complexity index is 428. The number of anilines is 1. The van der Waals surface area contributed by atoms with Crippen LogP contribution in [-0.2, 0) is 4.79 Å². The third-order valence-corrected chi connectivity index (χ3v) is 3.16. The van der Waals surface area contributed by atoms with Crippen LogP contribution in [-0.4, -0.2) is 32.1 Å². The molecule has 0 saturated carbocycles. The number of methoxy groups -OCH3 is 1. The van der Waals surface area contributed by atoms with Gasteiger partial charge in [0.2, 0.25) is 5.91 Å². The molecule has 2 rings (SSSR count). The Morgan fingerprint density at radius 1 is 1.50 bits per heavy atom. The maximum absolute atomic E-state index is 11.2. The summed E-state index contributed by atoms with van der Waals surface area (Å²) in [6.45, 7) is 5.25. The number of ether oxygens (including phenoxy) is 1. The van der Waals surface area contributed by atoms with Gasteiger partial charge in [-0.15, -0.1) is 0 Å². The predicted molar refractivity (Wildman–Crippen MR) is 72.0 cm³/mol. The van der Waals surface area contributed by atoms with Gasteiger partial charge in [-0.1, -0.05) is 6.58 Å². The highest BCUT2D eigenvalue weighted by Gasteiger charge is 2.23. The van der Waals surface area contributed by atoms with Crippen molar-refractivity contribution in [3.05, 3.63) is 36.9 Å². The van der Waals surface area contributed by atoms with Gasteiger partial charge in [0.25, 0.3) is 0 Å². The number of carbonyl (C=O) groups is 1. The Morgan fingerprint density at radius 3 is 2.83 bits per heavy atom. The van der Waals surface area contributed by atoms with Crippen LogP contribution in [0.3, 0.4) is 0 Å². The maximum Gasteiger partial charge on any atom is 0.243 e. The van der Waals surface area contributed by atoms with Crippen LogP contribution >= 0.6 is 0 Å². The molecule has 4 nitrogen and oxygen atoms in total. The Hall–Kier alpha value is -1.97. The molecule has 1 atom stereocenters. The molecule has 0 spiro atoms. The van der Waals surface area contributed by atoms with Gasteiger partial charge in [0.15, 0.2) is 0 Å². The number of hydrogen-bond acceptors (Lipinski definition) is 3. The lowest BCUT2D eigenvalue weighted by atomic mass is 10.2. The summed E-state index contributed by atoms with van der Waals surface area (Å²) in [5.41, 5.74) is 1.16. The summed E-state index contributed by atoms with van der Waals surface area (Å²) in [7, 11) is 1.66. The average molecular weight is 246 g/mol. The van der Waals surface area contributed by atoms with Crippen LogP contribution in [0.2, 0.25) is 0 Å². The second kappa shape index (κ2) is 5.58. The minimum absolute atomic E-state index is 0.100. The van der Waals surface area contributed by atoms with Crippen LogP contribution in [0.1, 0.15) is 6.42 Å². The van der Waals surface area contributed by atoms with Crippen LogP contribution in [0.15, 0.2) is 36.9 Å². The zero-order valence-corrected chi connectivity index (χ0v) is 10.6. The lowest BCUT2D eigenvalue weighted by Gasteiger charge is -2.19. The highest BCUT2D eigenvalue weighted by Crippen LogP contribution is 2.23. The zero-order valence-electron chi connectivity index (χ0n) is 10.6. The van der Waals surface area contributed by atoms with E-state index in [0.29, 0.717) is 0 Å². The van der Waals surface area contributed by atoms with Crippen molar-refractivity contribution in [2.45, 2.75) is 12.5 Å². The summed E-state index contributed by atoms with van der Waals surface area (Å²) in [6, 6.07) is 8.18. The molecule has 1 heterocycles. The molecule has 96 valence electrons. The number of benzene rings is 1. The second-order valence-electron chi connectivity index (χ2n) is 4.34. The third-order valence-electron chi connectivity index (χ3n) is 3.16. The lowest BCUT2D eigenvalue weighted by molar-refractivity contribution is -0.117. The van der Waals surface area contributed by atoms with E-state index in [1.54, 1.807) is 7.11 Å². The molecule has 4 heteroatoms. The maximum atomic E-state index is 11.2. The molecular weight excluding hydrogens is 228 g/mol. The Morgan fingerprint density at radius 2 is 2.22 bits per heavy atom. The van der Waals surface area contributed by atoms with Crippen LogP contribution in [0.25, 0.3) is 0 Å². The summed E-state index contributed by atoms with van der Waals surface area (Å²) in [4.78, 5) is 13.5. The molecule has 1 aliphatic rings. The third kappa shape index (κ3) is 2.83.